The number of nitrogens with two attached hydrogens (primary N) is 1. The molecule has 1 atom stereocenters. The normalized spacial score (nSPS) is 12.6. The van der Waals surface area contributed by atoms with E-state index in [1.807, 2.05) is 37.3 Å². The Hall–Kier alpha value is -1.36. The van der Waals surface area contributed by atoms with Crippen LogP contribution in [-0.4, -0.2) is 14.7 Å². The van der Waals surface area contributed by atoms with Gasteiger partial charge in [0.15, 0.2) is 9.84 Å². The first kappa shape index (κ1) is 16.7. The van der Waals surface area contributed by atoms with Gasteiger partial charge in [-0.15, -0.1) is 12.4 Å². The van der Waals surface area contributed by atoms with Crippen LogP contribution >= 0.6 is 12.4 Å². The van der Waals surface area contributed by atoms with Crippen LogP contribution in [-0.2, 0) is 9.84 Å². The van der Waals surface area contributed by atoms with Crippen LogP contribution < -0.4 is 5.73 Å². The molecule has 0 saturated heterocycles. The Labute approximate surface area is 126 Å². The summed E-state index contributed by atoms with van der Waals surface area (Å²) in [6.45, 7) is 1.92. The molecular weight excluding hydrogens is 294 g/mol. The van der Waals surface area contributed by atoms with E-state index >= 15 is 0 Å². The summed E-state index contributed by atoms with van der Waals surface area (Å²) in [5.41, 5.74) is 8.75. The van der Waals surface area contributed by atoms with Crippen molar-refractivity contribution < 1.29 is 8.42 Å². The highest BCUT2D eigenvalue weighted by atomic mass is 35.5. The molecule has 5 heteroatoms. The van der Waals surface area contributed by atoms with Crippen molar-refractivity contribution in [3.63, 3.8) is 0 Å². The van der Waals surface area contributed by atoms with Crippen LogP contribution in [0.3, 0.4) is 0 Å². The number of rotatable bonds is 3. The molecule has 20 heavy (non-hydrogen) atoms. The highest BCUT2D eigenvalue weighted by Gasteiger charge is 2.09. The minimum atomic E-state index is -3.18. The smallest absolute Gasteiger partial charge is 0.175 e. The first-order valence-electron chi connectivity index (χ1n) is 6.04. The molecule has 0 fully saturated rings. The van der Waals surface area contributed by atoms with E-state index in [0.29, 0.717) is 4.90 Å². The maximum absolute atomic E-state index is 11.6. The van der Waals surface area contributed by atoms with Gasteiger partial charge in [0.05, 0.1) is 4.90 Å². The van der Waals surface area contributed by atoms with Gasteiger partial charge in [0.25, 0.3) is 0 Å². The summed E-state index contributed by atoms with van der Waals surface area (Å²) < 4.78 is 23.1. The summed E-state index contributed by atoms with van der Waals surface area (Å²) in [7, 11) is -3.18. The Morgan fingerprint density at radius 3 is 2.10 bits per heavy atom. The average molecular weight is 312 g/mol. The molecule has 0 aromatic heterocycles. The van der Waals surface area contributed by atoms with Crippen molar-refractivity contribution in [3.8, 4) is 11.1 Å². The number of hydrogen-bond donors (Lipinski definition) is 1. The lowest BCUT2D eigenvalue weighted by molar-refractivity contribution is 0.602. The molecule has 0 heterocycles. The van der Waals surface area contributed by atoms with Gasteiger partial charge in [-0.25, -0.2) is 8.42 Å². The summed E-state index contributed by atoms with van der Waals surface area (Å²) in [6, 6.07) is 14.7. The van der Waals surface area contributed by atoms with Crippen molar-refractivity contribution in [3.05, 3.63) is 54.1 Å². The maximum atomic E-state index is 11.6. The molecule has 0 radical (unpaired) electrons. The van der Waals surface area contributed by atoms with Gasteiger partial charge in [-0.05, 0) is 41.8 Å². The Kier molecular flexibility index (Phi) is 5.34. The van der Waals surface area contributed by atoms with Gasteiger partial charge in [0, 0.05) is 12.3 Å². The van der Waals surface area contributed by atoms with E-state index in [-0.39, 0.29) is 18.4 Å². The summed E-state index contributed by atoms with van der Waals surface area (Å²) in [6.07, 6.45) is 1.21. The number of benzene rings is 2. The second-order valence-electron chi connectivity index (χ2n) is 4.71. The predicted octanol–water partition coefficient (Wildman–Crippen LogP) is 3.20. The topological polar surface area (TPSA) is 60.2 Å². The fraction of sp³-hybridized carbons (Fsp3) is 0.200. The van der Waals surface area contributed by atoms with Crippen molar-refractivity contribution in [1.82, 2.24) is 0 Å². The average Bonchev–Trinajstić information content (AvgIpc) is 2.38. The quantitative estimate of drug-likeness (QED) is 0.947. The molecule has 0 unspecified atom stereocenters. The first-order chi connectivity index (χ1) is 8.88. The van der Waals surface area contributed by atoms with E-state index in [1.165, 1.54) is 6.26 Å². The van der Waals surface area contributed by atoms with Gasteiger partial charge < -0.3 is 5.73 Å². The van der Waals surface area contributed by atoms with Crippen LogP contribution in [0, 0.1) is 0 Å². The molecule has 0 bridgehead atoms. The predicted molar refractivity (Wildman–Crippen MR) is 84.8 cm³/mol. The van der Waals surface area contributed by atoms with E-state index in [2.05, 4.69) is 0 Å². The van der Waals surface area contributed by atoms with E-state index in [9.17, 15) is 8.42 Å². The van der Waals surface area contributed by atoms with Crippen LogP contribution in [0.1, 0.15) is 18.5 Å². The zero-order valence-electron chi connectivity index (χ0n) is 11.4. The summed E-state index contributed by atoms with van der Waals surface area (Å²) >= 11 is 0. The maximum Gasteiger partial charge on any atom is 0.175 e. The highest BCUT2D eigenvalue weighted by Crippen LogP contribution is 2.24. The molecule has 2 N–H and O–H groups in total. The third kappa shape index (κ3) is 3.82. The molecule has 0 aliphatic heterocycles. The van der Waals surface area contributed by atoms with Gasteiger partial charge in [0.2, 0.25) is 0 Å². The second-order valence-corrected chi connectivity index (χ2v) is 6.73. The lowest BCUT2D eigenvalue weighted by Gasteiger charge is -2.09. The fourth-order valence-electron chi connectivity index (χ4n) is 1.91. The third-order valence-corrected chi connectivity index (χ3v) is 4.12. The number of halogens is 1. The van der Waals surface area contributed by atoms with Crippen molar-refractivity contribution in [1.29, 1.82) is 0 Å². The molecule has 0 spiro atoms. The lowest BCUT2D eigenvalue weighted by Crippen LogP contribution is -2.04. The van der Waals surface area contributed by atoms with Crippen molar-refractivity contribution >= 4 is 22.2 Å². The van der Waals surface area contributed by atoms with Crippen LogP contribution in [0.4, 0.5) is 0 Å². The largest absolute Gasteiger partial charge is 0.324 e. The summed E-state index contributed by atoms with van der Waals surface area (Å²) in [5.74, 6) is 0. The molecule has 3 nitrogen and oxygen atoms in total. The second kappa shape index (κ2) is 6.39. The SMILES string of the molecule is C[C@H](N)c1cccc(-c2cccc(S(C)(=O)=O)c2)c1.Cl. The molecule has 2 aromatic carbocycles. The molecular formula is C15H18ClNO2S. The van der Waals surface area contributed by atoms with E-state index < -0.39 is 9.84 Å². The minimum absolute atomic E-state index is 0. The van der Waals surface area contributed by atoms with Crippen molar-refractivity contribution in [2.45, 2.75) is 17.9 Å². The standard InChI is InChI=1S/C15H17NO2S.ClH/c1-11(16)12-5-3-6-13(9-12)14-7-4-8-15(10-14)19(2,17)18;/h3-11H,16H2,1-2H3;1H/t11-;/m0./s1. The highest BCUT2D eigenvalue weighted by molar-refractivity contribution is 7.90. The minimum Gasteiger partial charge on any atom is -0.324 e. The molecule has 0 aliphatic carbocycles. The van der Waals surface area contributed by atoms with Gasteiger partial charge >= 0.3 is 0 Å². The Balaban J connectivity index is 0.00000200. The van der Waals surface area contributed by atoms with E-state index in [1.54, 1.807) is 18.2 Å². The number of sulfone groups is 1. The van der Waals surface area contributed by atoms with E-state index in [4.69, 9.17) is 5.73 Å². The Morgan fingerprint density at radius 2 is 1.55 bits per heavy atom. The van der Waals surface area contributed by atoms with E-state index in [0.717, 1.165) is 16.7 Å². The molecule has 108 valence electrons. The van der Waals surface area contributed by atoms with Gasteiger partial charge in [-0.3, -0.25) is 0 Å². The number of hydrogen-bond acceptors (Lipinski definition) is 3. The summed E-state index contributed by atoms with van der Waals surface area (Å²) in [4.78, 5) is 0.330. The van der Waals surface area contributed by atoms with Crippen LogP contribution in [0.25, 0.3) is 11.1 Å². The van der Waals surface area contributed by atoms with Gasteiger partial charge in [0.1, 0.15) is 0 Å². The van der Waals surface area contributed by atoms with Gasteiger partial charge in [-0.1, -0.05) is 30.3 Å². The fourth-order valence-corrected chi connectivity index (χ4v) is 2.57. The van der Waals surface area contributed by atoms with Crippen LogP contribution in [0.2, 0.25) is 0 Å². The lowest BCUT2D eigenvalue weighted by atomic mass is 10.0. The molecule has 0 aliphatic rings. The van der Waals surface area contributed by atoms with Crippen LogP contribution in [0.5, 0.6) is 0 Å². The molecule has 2 rings (SSSR count). The molecule has 0 saturated carbocycles. The van der Waals surface area contributed by atoms with Crippen molar-refractivity contribution in [2.75, 3.05) is 6.26 Å². The summed E-state index contributed by atoms with van der Waals surface area (Å²) in [5, 5.41) is 0. The monoisotopic (exact) mass is 311 g/mol. The Bertz CT molecular complexity index is 697. The molecule has 2 aromatic rings. The van der Waals surface area contributed by atoms with Crippen LogP contribution in [0.15, 0.2) is 53.4 Å². The third-order valence-electron chi connectivity index (χ3n) is 3.01. The zero-order chi connectivity index (χ0) is 14.0. The van der Waals surface area contributed by atoms with Gasteiger partial charge in [-0.2, -0.15) is 0 Å². The molecule has 0 amide bonds. The Morgan fingerprint density at radius 1 is 1.00 bits per heavy atom. The first-order valence-corrected chi connectivity index (χ1v) is 7.93. The van der Waals surface area contributed by atoms with Crippen molar-refractivity contribution in [2.24, 2.45) is 5.73 Å². The zero-order valence-corrected chi connectivity index (χ0v) is 13.0.